The first-order chi connectivity index (χ1) is 21.3. The van der Waals surface area contributed by atoms with E-state index in [1.807, 2.05) is 18.2 Å². The molecule has 0 unspecified atom stereocenters. The second kappa shape index (κ2) is 12.4. The molecule has 0 aliphatic heterocycles. The van der Waals surface area contributed by atoms with Crippen LogP contribution in [0.2, 0.25) is 0 Å². The Morgan fingerprint density at radius 3 is 2.30 bits per heavy atom. The summed E-state index contributed by atoms with van der Waals surface area (Å²) < 4.78 is 35.1. The molecule has 1 aliphatic rings. The molecule has 0 saturated heterocycles. The van der Waals surface area contributed by atoms with Crippen LogP contribution in [-0.2, 0) is 0 Å². The largest absolute Gasteiger partial charge is 0.438 e. The fourth-order valence-corrected chi connectivity index (χ4v) is 5.25. The first kappa shape index (κ1) is 28.7. The van der Waals surface area contributed by atoms with E-state index in [0.29, 0.717) is 42.6 Å². The lowest BCUT2D eigenvalue weighted by atomic mass is 9.91. The Balaban J connectivity index is 1.07. The molecule has 0 radical (unpaired) electrons. The highest BCUT2D eigenvalue weighted by Crippen LogP contribution is 2.29. The van der Waals surface area contributed by atoms with Crippen LogP contribution in [0, 0.1) is 11.6 Å². The van der Waals surface area contributed by atoms with Crippen molar-refractivity contribution in [1.82, 2.24) is 25.0 Å². The van der Waals surface area contributed by atoms with Crippen molar-refractivity contribution in [2.24, 2.45) is 0 Å². The van der Waals surface area contributed by atoms with E-state index in [4.69, 9.17) is 4.74 Å². The summed E-state index contributed by atoms with van der Waals surface area (Å²) in [7, 11) is 0. The minimum atomic E-state index is -0.673. The number of aromatic nitrogens is 3. The van der Waals surface area contributed by atoms with Crippen LogP contribution >= 0.6 is 0 Å². The molecule has 1 saturated carbocycles. The van der Waals surface area contributed by atoms with E-state index in [-0.39, 0.29) is 35.1 Å². The summed E-state index contributed by atoms with van der Waals surface area (Å²) in [5.74, 6) is -1.60. The zero-order valence-corrected chi connectivity index (χ0v) is 23.4. The normalized spacial score (nSPS) is 16.3. The molecular formula is C33H27F2N5O4. The second-order valence-electron chi connectivity index (χ2n) is 10.6. The number of carbonyl (C=O) groups is 3. The number of aldehydes is 1. The zero-order valence-electron chi connectivity index (χ0n) is 23.4. The first-order valence-electron chi connectivity index (χ1n) is 14.1. The van der Waals surface area contributed by atoms with E-state index in [1.165, 1.54) is 28.9 Å². The van der Waals surface area contributed by atoms with Crippen LogP contribution < -0.4 is 15.4 Å². The quantitative estimate of drug-likeness (QED) is 0.221. The van der Waals surface area contributed by atoms with E-state index in [9.17, 15) is 23.2 Å². The SMILES string of the molecule is O=Cc1ccc(-c2cccc(Oc3ncc(F)cc3C(=O)NC3CCC(NC(=O)c4cn5cc(F)ccc5n4)CC3)c2)cc1. The molecular weight excluding hydrogens is 568 g/mol. The molecule has 5 aromatic rings. The molecule has 3 heterocycles. The number of benzene rings is 2. The van der Waals surface area contributed by atoms with E-state index in [1.54, 1.807) is 30.3 Å². The minimum absolute atomic E-state index is 0.0364. The maximum absolute atomic E-state index is 14.2. The van der Waals surface area contributed by atoms with Crippen molar-refractivity contribution in [3.05, 3.63) is 114 Å². The van der Waals surface area contributed by atoms with Gasteiger partial charge in [0.2, 0.25) is 5.88 Å². The zero-order chi connectivity index (χ0) is 30.6. The summed E-state index contributed by atoms with van der Waals surface area (Å²) in [6.45, 7) is 0. The van der Waals surface area contributed by atoms with Gasteiger partial charge in [-0.3, -0.25) is 14.4 Å². The number of nitrogens with zero attached hydrogens (tertiary/aromatic N) is 3. The van der Waals surface area contributed by atoms with Gasteiger partial charge in [-0.2, -0.15) is 0 Å². The van der Waals surface area contributed by atoms with Crippen molar-refractivity contribution in [3.8, 4) is 22.8 Å². The molecule has 0 bridgehead atoms. The van der Waals surface area contributed by atoms with Crippen LogP contribution in [0.25, 0.3) is 16.8 Å². The minimum Gasteiger partial charge on any atom is -0.438 e. The Morgan fingerprint density at radius 1 is 0.841 bits per heavy atom. The lowest BCUT2D eigenvalue weighted by Gasteiger charge is -2.29. The highest BCUT2D eigenvalue weighted by Gasteiger charge is 2.26. The third-order valence-corrected chi connectivity index (χ3v) is 7.54. The Bertz CT molecular complexity index is 1850. The molecule has 2 amide bonds. The van der Waals surface area contributed by atoms with E-state index < -0.39 is 17.5 Å². The van der Waals surface area contributed by atoms with Crippen molar-refractivity contribution in [3.63, 3.8) is 0 Å². The van der Waals surface area contributed by atoms with Crippen molar-refractivity contribution >= 4 is 23.7 Å². The van der Waals surface area contributed by atoms with Crippen molar-refractivity contribution in [1.29, 1.82) is 0 Å². The van der Waals surface area contributed by atoms with Crippen LogP contribution in [0.4, 0.5) is 8.78 Å². The van der Waals surface area contributed by atoms with Gasteiger partial charge >= 0.3 is 0 Å². The van der Waals surface area contributed by atoms with Crippen LogP contribution in [0.5, 0.6) is 11.6 Å². The number of halogens is 2. The van der Waals surface area contributed by atoms with Crippen molar-refractivity contribution in [2.75, 3.05) is 0 Å². The first-order valence-corrected chi connectivity index (χ1v) is 14.1. The molecule has 3 aromatic heterocycles. The number of ether oxygens (including phenoxy) is 1. The Hall–Kier alpha value is -5.45. The number of fused-ring (bicyclic) bond motifs is 1. The van der Waals surface area contributed by atoms with Crippen LogP contribution in [-0.4, -0.2) is 44.6 Å². The molecule has 6 rings (SSSR count). The number of hydrogen-bond donors (Lipinski definition) is 2. The smallest absolute Gasteiger partial charge is 0.271 e. The Morgan fingerprint density at radius 2 is 1.57 bits per heavy atom. The maximum atomic E-state index is 14.2. The standard InChI is InChI=1S/C33H27F2N5O4/c34-23-8-13-30-39-29(18-40(30)17-23)32(43)38-26-11-9-25(10-12-26)37-31(42)28-15-24(35)16-36-33(28)44-27-3-1-2-22(14-27)21-6-4-20(19-41)5-7-21/h1-8,13-19,25-26H,9-12H2,(H,37,42)(H,38,43). The van der Waals surface area contributed by atoms with Gasteiger partial charge in [-0.1, -0.05) is 36.4 Å². The second-order valence-corrected chi connectivity index (χ2v) is 10.6. The molecule has 1 fully saturated rings. The predicted octanol–water partition coefficient (Wildman–Crippen LogP) is 5.75. The van der Waals surface area contributed by atoms with Crippen molar-refractivity contribution in [2.45, 2.75) is 37.8 Å². The van der Waals surface area contributed by atoms with Crippen molar-refractivity contribution < 1.29 is 27.9 Å². The lowest BCUT2D eigenvalue weighted by Crippen LogP contribution is -2.44. The number of imidazole rings is 1. The summed E-state index contributed by atoms with van der Waals surface area (Å²) in [6, 6.07) is 17.8. The average molecular weight is 596 g/mol. The van der Waals surface area contributed by atoms with E-state index in [0.717, 1.165) is 29.7 Å². The van der Waals surface area contributed by atoms with Crippen LogP contribution in [0.1, 0.15) is 56.9 Å². The van der Waals surface area contributed by atoms with Crippen LogP contribution in [0.15, 0.2) is 85.3 Å². The highest BCUT2D eigenvalue weighted by atomic mass is 19.1. The molecule has 0 spiro atoms. The van der Waals surface area contributed by atoms with Gasteiger partial charge in [0.05, 0.1) is 6.20 Å². The number of carbonyl (C=O) groups excluding carboxylic acids is 3. The van der Waals surface area contributed by atoms with E-state index >= 15 is 0 Å². The molecule has 2 N–H and O–H groups in total. The predicted molar refractivity (Wildman–Crippen MR) is 158 cm³/mol. The number of hydrogen-bond acceptors (Lipinski definition) is 6. The molecule has 222 valence electrons. The number of pyridine rings is 2. The van der Waals surface area contributed by atoms with Gasteiger partial charge in [-0.15, -0.1) is 0 Å². The highest BCUT2D eigenvalue weighted by molar-refractivity contribution is 5.96. The molecule has 1 aliphatic carbocycles. The van der Waals surface area contributed by atoms with Gasteiger partial charge in [-0.05, 0) is 67.1 Å². The lowest BCUT2D eigenvalue weighted by molar-refractivity contribution is 0.0888. The third kappa shape index (κ3) is 6.46. The number of rotatable bonds is 8. The van der Waals surface area contributed by atoms with E-state index in [2.05, 4.69) is 20.6 Å². The summed E-state index contributed by atoms with van der Waals surface area (Å²) >= 11 is 0. The molecule has 0 atom stereocenters. The fourth-order valence-electron chi connectivity index (χ4n) is 5.25. The Labute approximate surface area is 250 Å². The van der Waals surface area contributed by atoms with Gasteiger partial charge in [0.1, 0.15) is 40.6 Å². The van der Waals surface area contributed by atoms with Gasteiger partial charge in [0, 0.05) is 30.0 Å². The number of amides is 2. The van der Waals surface area contributed by atoms with Gasteiger partial charge in [-0.25, -0.2) is 18.7 Å². The summed E-state index contributed by atoms with van der Waals surface area (Å²) in [6.07, 6.45) is 6.92. The molecule has 2 aromatic carbocycles. The number of nitrogens with one attached hydrogen (secondary N) is 2. The van der Waals surface area contributed by atoms with Gasteiger partial charge in [0.25, 0.3) is 11.8 Å². The molecule has 9 nitrogen and oxygen atoms in total. The average Bonchev–Trinajstić information content (AvgIpc) is 3.46. The maximum Gasteiger partial charge on any atom is 0.271 e. The molecule has 11 heteroatoms. The molecule has 44 heavy (non-hydrogen) atoms. The van der Waals surface area contributed by atoms with Crippen LogP contribution in [0.3, 0.4) is 0 Å². The Kier molecular flexibility index (Phi) is 8.09. The van der Waals surface area contributed by atoms with Gasteiger partial charge in [0.15, 0.2) is 0 Å². The summed E-state index contributed by atoms with van der Waals surface area (Å²) in [5.41, 5.74) is 2.88. The third-order valence-electron chi connectivity index (χ3n) is 7.54. The topological polar surface area (TPSA) is 115 Å². The monoisotopic (exact) mass is 595 g/mol. The van der Waals surface area contributed by atoms with Gasteiger partial charge < -0.3 is 19.8 Å². The fraction of sp³-hybridized carbons (Fsp3) is 0.182. The summed E-state index contributed by atoms with van der Waals surface area (Å²) in [5, 5.41) is 5.91. The summed E-state index contributed by atoms with van der Waals surface area (Å²) in [4.78, 5) is 45.2.